The maximum Gasteiger partial charge on any atom is 0.0640 e. The number of hydrogen-bond donors (Lipinski definition) is 0. The van der Waals surface area contributed by atoms with E-state index in [0.29, 0.717) is 0 Å². The predicted molar refractivity (Wildman–Crippen MR) is 198 cm³/mol. The van der Waals surface area contributed by atoms with Crippen LogP contribution in [0.2, 0.25) is 0 Å². The number of fused-ring (bicyclic) bond motifs is 6. The van der Waals surface area contributed by atoms with Crippen molar-refractivity contribution in [2.45, 2.75) is 0 Å². The zero-order chi connectivity index (χ0) is 29.7. The number of anilines is 3. The molecule has 9 aromatic rings. The lowest BCUT2D eigenvalue weighted by atomic mass is 9.98. The van der Waals surface area contributed by atoms with Crippen molar-refractivity contribution in [2.24, 2.45) is 0 Å². The Morgan fingerprint density at radius 2 is 1.00 bits per heavy atom. The van der Waals surface area contributed by atoms with Gasteiger partial charge in [0.1, 0.15) is 0 Å². The van der Waals surface area contributed by atoms with Crippen molar-refractivity contribution in [3.8, 4) is 22.3 Å². The van der Waals surface area contributed by atoms with Crippen molar-refractivity contribution >= 4 is 80.1 Å². The summed E-state index contributed by atoms with van der Waals surface area (Å²) >= 11 is 3.75. The molecule has 0 N–H and O–H groups in total. The molecular formula is C42H27NS2. The van der Waals surface area contributed by atoms with Crippen molar-refractivity contribution in [1.29, 1.82) is 0 Å². The first-order valence-corrected chi connectivity index (χ1v) is 16.8. The van der Waals surface area contributed by atoms with Gasteiger partial charge in [-0.2, -0.15) is 0 Å². The largest absolute Gasteiger partial charge is 0.309 e. The monoisotopic (exact) mass is 609 g/mol. The van der Waals surface area contributed by atoms with Gasteiger partial charge in [0.25, 0.3) is 0 Å². The van der Waals surface area contributed by atoms with E-state index in [1.165, 1.54) is 68.3 Å². The van der Waals surface area contributed by atoms with Crippen molar-refractivity contribution in [1.82, 2.24) is 0 Å². The van der Waals surface area contributed by atoms with Gasteiger partial charge in [0.05, 0.1) is 10.4 Å². The third-order valence-electron chi connectivity index (χ3n) is 8.66. The highest BCUT2D eigenvalue weighted by Crippen LogP contribution is 2.49. The standard InChI is InChI=1S/C42H27NS2/c1-3-12-28(13-4-1)30-16-11-17-31(26-30)43(32-22-25-40-36(27-32)34-18-7-9-20-38(34)44-40)37-24-23-33(29-14-5-2-6-15-29)41-35-19-8-10-21-39(35)45-42(37)41/h1-27H. The molecule has 212 valence electrons. The van der Waals surface area contributed by atoms with Crippen LogP contribution in [0.1, 0.15) is 0 Å². The Morgan fingerprint density at radius 3 is 1.80 bits per heavy atom. The summed E-state index contributed by atoms with van der Waals surface area (Å²) in [6.45, 7) is 0. The van der Waals surface area contributed by atoms with E-state index in [-0.39, 0.29) is 0 Å². The van der Waals surface area contributed by atoms with E-state index in [1.807, 2.05) is 22.7 Å². The molecule has 0 amide bonds. The van der Waals surface area contributed by atoms with Gasteiger partial charge in [0.2, 0.25) is 0 Å². The predicted octanol–water partition coefficient (Wildman–Crippen LogP) is 13.2. The molecular weight excluding hydrogens is 583 g/mol. The smallest absolute Gasteiger partial charge is 0.0640 e. The first-order valence-electron chi connectivity index (χ1n) is 15.2. The minimum Gasteiger partial charge on any atom is -0.309 e. The first kappa shape index (κ1) is 26.2. The number of hydrogen-bond acceptors (Lipinski definition) is 3. The molecule has 0 spiro atoms. The van der Waals surface area contributed by atoms with Crippen LogP contribution in [-0.4, -0.2) is 0 Å². The van der Waals surface area contributed by atoms with Gasteiger partial charge in [-0.25, -0.2) is 0 Å². The Morgan fingerprint density at radius 1 is 0.378 bits per heavy atom. The number of thiophene rings is 2. The molecule has 1 nitrogen and oxygen atoms in total. The Balaban J connectivity index is 1.34. The molecule has 45 heavy (non-hydrogen) atoms. The summed E-state index contributed by atoms with van der Waals surface area (Å²) in [6, 6.07) is 59.6. The quantitative estimate of drug-likeness (QED) is 0.188. The molecule has 0 fully saturated rings. The molecule has 0 aliphatic rings. The van der Waals surface area contributed by atoms with Crippen LogP contribution in [0.4, 0.5) is 17.1 Å². The van der Waals surface area contributed by atoms with E-state index in [1.54, 1.807) is 0 Å². The van der Waals surface area contributed by atoms with Gasteiger partial charge in [0, 0.05) is 47.0 Å². The zero-order valence-electron chi connectivity index (χ0n) is 24.4. The third kappa shape index (κ3) is 4.43. The van der Waals surface area contributed by atoms with Gasteiger partial charge in [0.15, 0.2) is 0 Å². The van der Waals surface area contributed by atoms with Crippen LogP contribution in [0.5, 0.6) is 0 Å². The van der Waals surface area contributed by atoms with Crippen molar-refractivity contribution in [2.75, 3.05) is 4.90 Å². The van der Waals surface area contributed by atoms with Gasteiger partial charge in [-0.15, -0.1) is 22.7 Å². The molecule has 0 bridgehead atoms. The summed E-state index contributed by atoms with van der Waals surface area (Å²) in [6.07, 6.45) is 0. The van der Waals surface area contributed by atoms with Crippen LogP contribution in [0.25, 0.3) is 62.6 Å². The summed E-state index contributed by atoms with van der Waals surface area (Å²) in [5, 5.41) is 5.22. The number of rotatable bonds is 5. The molecule has 2 aromatic heterocycles. The Kier molecular flexibility index (Phi) is 6.26. The molecule has 9 rings (SSSR count). The van der Waals surface area contributed by atoms with E-state index in [4.69, 9.17) is 0 Å². The van der Waals surface area contributed by atoms with Crippen LogP contribution in [0, 0.1) is 0 Å². The van der Waals surface area contributed by atoms with Crippen molar-refractivity contribution in [3.63, 3.8) is 0 Å². The van der Waals surface area contributed by atoms with Crippen LogP contribution in [0.15, 0.2) is 164 Å². The average Bonchev–Trinajstić information content (AvgIpc) is 3.68. The van der Waals surface area contributed by atoms with Gasteiger partial charge in [-0.1, -0.05) is 115 Å². The Hall–Kier alpha value is -5.22. The van der Waals surface area contributed by atoms with Crippen molar-refractivity contribution < 1.29 is 0 Å². The molecule has 2 heterocycles. The minimum absolute atomic E-state index is 1.14. The summed E-state index contributed by atoms with van der Waals surface area (Å²) in [5.74, 6) is 0. The highest BCUT2D eigenvalue weighted by molar-refractivity contribution is 7.26. The first-order chi connectivity index (χ1) is 22.3. The Bertz CT molecular complexity index is 2490. The number of nitrogens with zero attached hydrogens (tertiary/aromatic N) is 1. The maximum absolute atomic E-state index is 2.46. The highest BCUT2D eigenvalue weighted by atomic mass is 32.1. The molecule has 3 heteroatoms. The normalized spacial score (nSPS) is 11.6. The lowest BCUT2D eigenvalue weighted by Gasteiger charge is -2.27. The lowest BCUT2D eigenvalue weighted by Crippen LogP contribution is -2.10. The summed E-state index contributed by atoms with van der Waals surface area (Å²) in [4.78, 5) is 2.46. The molecule has 0 radical (unpaired) electrons. The van der Waals surface area contributed by atoms with E-state index >= 15 is 0 Å². The van der Waals surface area contributed by atoms with Crippen molar-refractivity contribution in [3.05, 3.63) is 164 Å². The van der Waals surface area contributed by atoms with Crippen LogP contribution >= 0.6 is 22.7 Å². The number of benzene rings is 7. The van der Waals surface area contributed by atoms with Crippen LogP contribution < -0.4 is 4.90 Å². The lowest BCUT2D eigenvalue weighted by molar-refractivity contribution is 1.31. The van der Waals surface area contributed by atoms with E-state index < -0.39 is 0 Å². The molecule has 0 aliphatic carbocycles. The molecule has 0 saturated heterocycles. The van der Waals surface area contributed by atoms with E-state index in [2.05, 4.69) is 169 Å². The average molecular weight is 610 g/mol. The second kappa shape index (κ2) is 10.7. The maximum atomic E-state index is 2.46. The summed E-state index contributed by atoms with van der Waals surface area (Å²) < 4.78 is 5.22. The third-order valence-corrected chi connectivity index (χ3v) is 11.0. The van der Waals surface area contributed by atoms with Gasteiger partial charge < -0.3 is 4.90 Å². The molecule has 0 unspecified atom stereocenters. The van der Waals surface area contributed by atoms with E-state index in [0.717, 1.165) is 11.4 Å². The second-order valence-electron chi connectivity index (χ2n) is 11.3. The highest BCUT2D eigenvalue weighted by Gasteiger charge is 2.22. The SMILES string of the molecule is c1ccc(-c2cccc(N(c3ccc4sc5ccccc5c4c3)c3ccc(-c4ccccc4)c4c3sc3ccccc34)c2)cc1. The fraction of sp³-hybridized carbons (Fsp3) is 0. The molecule has 0 saturated carbocycles. The fourth-order valence-electron chi connectivity index (χ4n) is 6.58. The van der Waals surface area contributed by atoms with Gasteiger partial charge in [-0.05, 0) is 70.8 Å². The molecule has 0 atom stereocenters. The van der Waals surface area contributed by atoms with Gasteiger partial charge in [-0.3, -0.25) is 0 Å². The summed E-state index contributed by atoms with van der Waals surface area (Å²) in [5.41, 5.74) is 8.41. The van der Waals surface area contributed by atoms with E-state index in [9.17, 15) is 0 Å². The van der Waals surface area contributed by atoms with Crippen LogP contribution in [0.3, 0.4) is 0 Å². The summed E-state index contributed by atoms with van der Waals surface area (Å²) in [7, 11) is 0. The fourth-order valence-corrected chi connectivity index (χ4v) is 8.90. The van der Waals surface area contributed by atoms with Gasteiger partial charge >= 0.3 is 0 Å². The molecule has 7 aromatic carbocycles. The second-order valence-corrected chi connectivity index (χ2v) is 13.5. The Labute approximate surface area is 269 Å². The molecule has 0 aliphatic heterocycles. The zero-order valence-corrected chi connectivity index (χ0v) is 26.0. The van der Waals surface area contributed by atoms with Crippen LogP contribution in [-0.2, 0) is 0 Å². The topological polar surface area (TPSA) is 3.24 Å². The minimum atomic E-state index is 1.14.